The summed E-state index contributed by atoms with van der Waals surface area (Å²) >= 11 is 0. The van der Waals surface area contributed by atoms with Crippen LogP contribution in [0.4, 0.5) is 0 Å². The average Bonchev–Trinajstić information content (AvgIpc) is 3.11. The summed E-state index contributed by atoms with van der Waals surface area (Å²) in [5.74, 6) is 1.72. The standard InChI is InChI=1S/C17H26N2/c1-2-6-16(7-3-1)17-9-12-19(14-17)11-4-5-15-8-10-18-13-15/h1-3,6-7,15,17-18H,4-5,8-14H2. The van der Waals surface area contributed by atoms with Crippen molar-refractivity contribution in [3.63, 3.8) is 0 Å². The number of hydrogen-bond donors (Lipinski definition) is 1. The first-order valence-electron chi connectivity index (χ1n) is 7.90. The van der Waals surface area contributed by atoms with E-state index in [1.165, 1.54) is 64.0 Å². The van der Waals surface area contributed by atoms with E-state index >= 15 is 0 Å². The summed E-state index contributed by atoms with van der Waals surface area (Å²) in [4.78, 5) is 2.67. The van der Waals surface area contributed by atoms with Gasteiger partial charge in [-0.2, -0.15) is 0 Å². The van der Waals surface area contributed by atoms with Gasteiger partial charge in [0.2, 0.25) is 0 Å². The van der Waals surface area contributed by atoms with Gasteiger partial charge in [-0.3, -0.25) is 0 Å². The molecule has 2 nitrogen and oxygen atoms in total. The molecule has 1 aromatic carbocycles. The van der Waals surface area contributed by atoms with Gasteiger partial charge in [0, 0.05) is 6.54 Å². The molecule has 2 heteroatoms. The molecule has 0 radical (unpaired) electrons. The molecule has 0 spiro atoms. The molecule has 2 saturated heterocycles. The van der Waals surface area contributed by atoms with Crippen molar-refractivity contribution in [2.45, 2.75) is 31.6 Å². The van der Waals surface area contributed by atoms with Crippen molar-refractivity contribution >= 4 is 0 Å². The third-order valence-corrected chi connectivity index (χ3v) is 4.79. The zero-order chi connectivity index (χ0) is 12.9. The Morgan fingerprint density at radius 3 is 2.84 bits per heavy atom. The summed E-state index contributed by atoms with van der Waals surface area (Å²) in [6.07, 6.45) is 5.54. The van der Waals surface area contributed by atoms with Crippen molar-refractivity contribution in [3.05, 3.63) is 35.9 Å². The van der Waals surface area contributed by atoms with E-state index in [9.17, 15) is 0 Å². The van der Waals surface area contributed by atoms with E-state index in [1.54, 1.807) is 0 Å². The van der Waals surface area contributed by atoms with Crippen LogP contribution in [0.15, 0.2) is 30.3 Å². The molecular weight excluding hydrogens is 232 g/mol. The Hall–Kier alpha value is -0.860. The summed E-state index contributed by atoms with van der Waals surface area (Å²) in [6, 6.07) is 11.0. The lowest BCUT2D eigenvalue weighted by molar-refractivity contribution is 0.314. The zero-order valence-electron chi connectivity index (χ0n) is 11.9. The van der Waals surface area contributed by atoms with E-state index in [0.29, 0.717) is 0 Å². The Morgan fingerprint density at radius 1 is 1.16 bits per heavy atom. The van der Waals surface area contributed by atoms with Crippen molar-refractivity contribution < 1.29 is 0 Å². The van der Waals surface area contributed by atoms with Crippen LogP contribution in [0.5, 0.6) is 0 Å². The normalized spacial score (nSPS) is 28.0. The topological polar surface area (TPSA) is 15.3 Å². The maximum absolute atomic E-state index is 3.47. The third-order valence-electron chi connectivity index (χ3n) is 4.79. The SMILES string of the molecule is c1ccc(C2CCN(CCCC3CCNC3)C2)cc1. The first-order valence-corrected chi connectivity index (χ1v) is 7.90. The lowest BCUT2D eigenvalue weighted by Crippen LogP contribution is -2.22. The maximum atomic E-state index is 3.47. The number of hydrogen-bond acceptors (Lipinski definition) is 2. The molecule has 0 bridgehead atoms. The second-order valence-corrected chi connectivity index (χ2v) is 6.20. The lowest BCUT2D eigenvalue weighted by atomic mass is 9.99. The molecule has 2 heterocycles. The number of likely N-dealkylation sites (tertiary alicyclic amines) is 1. The predicted octanol–water partition coefficient (Wildman–Crippen LogP) is 2.87. The maximum Gasteiger partial charge on any atom is 0.00507 e. The second kappa shape index (κ2) is 6.53. The predicted molar refractivity (Wildman–Crippen MR) is 80.5 cm³/mol. The van der Waals surface area contributed by atoms with Gasteiger partial charge in [0.1, 0.15) is 0 Å². The molecule has 2 fully saturated rings. The summed E-state index contributed by atoms with van der Waals surface area (Å²) in [5, 5.41) is 3.47. The Balaban J connectivity index is 1.39. The van der Waals surface area contributed by atoms with Crippen LogP contribution in [0.1, 0.15) is 37.2 Å². The van der Waals surface area contributed by atoms with E-state index < -0.39 is 0 Å². The van der Waals surface area contributed by atoms with Crippen molar-refractivity contribution in [1.82, 2.24) is 10.2 Å². The van der Waals surface area contributed by atoms with Gasteiger partial charge >= 0.3 is 0 Å². The second-order valence-electron chi connectivity index (χ2n) is 6.20. The van der Waals surface area contributed by atoms with Crippen LogP contribution in [0.2, 0.25) is 0 Å². The van der Waals surface area contributed by atoms with Crippen molar-refractivity contribution in [2.75, 3.05) is 32.7 Å². The van der Waals surface area contributed by atoms with E-state index in [2.05, 4.69) is 40.5 Å². The van der Waals surface area contributed by atoms with Crippen LogP contribution >= 0.6 is 0 Å². The van der Waals surface area contributed by atoms with E-state index in [0.717, 1.165) is 11.8 Å². The van der Waals surface area contributed by atoms with Gasteiger partial charge in [0.25, 0.3) is 0 Å². The van der Waals surface area contributed by atoms with E-state index in [4.69, 9.17) is 0 Å². The average molecular weight is 258 g/mol. The molecule has 0 saturated carbocycles. The molecular formula is C17H26N2. The van der Waals surface area contributed by atoms with Gasteiger partial charge in [0.05, 0.1) is 0 Å². The quantitative estimate of drug-likeness (QED) is 0.873. The molecule has 0 amide bonds. The summed E-state index contributed by atoms with van der Waals surface area (Å²) in [7, 11) is 0. The molecule has 3 rings (SSSR count). The zero-order valence-corrected chi connectivity index (χ0v) is 11.9. The number of nitrogens with one attached hydrogen (secondary N) is 1. The fraction of sp³-hybridized carbons (Fsp3) is 0.647. The summed E-state index contributed by atoms with van der Waals surface area (Å²) < 4.78 is 0. The summed E-state index contributed by atoms with van der Waals surface area (Å²) in [6.45, 7) is 6.37. The number of nitrogens with zero attached hydrogens (tertiary/aromatic N) is 1. The minimum atomic E-state index is 0.773. The largest absolute Gasteiger partial charge is 0.316 e. The Morgan fingerprint density at radius 2 is 2.05 bits per heavy atom. The lowest BCUT2D eigenvalue weighted by Gasteiger charge is -2.17. The minimum Gasteiger partial charge on any atom is -0.316 e. The molecule has 2 unspecified atom stereocenters. The molecule has 1 aromatic rings. The van der Waals surface area contributed by atoms with Crippen molar-refractivity contribution in [3.8, 4) is 0 Å². The molecule has 104 valence electrons. The Kier molecular flexibility index (Phi) is 4.52. The van der Waals surface area contributed by atoms with E-state index in [-0.39, 0.29) is 0 Å². The number of benzene rings is 1. The molecule has 2 aliphatic rings. The highest BCUT2D eigenvalue weighted by atomic mass is 15.1. The van der Waals surface area contributed by atoms with Crippen LogP contribution in [-0.4, -0.2) is 37.6 Å². The van der Waals surface area contributed by atoms with Gasteiger partial charge in [-0.25, -0.2) is 0 Å². The van der Waals surface area contributed by atoms with Crippen LogP contribution < -0.4 is 5.32 Å². The third kappa shape index (κ3) is 3.58. The molecule has 19 heavy (non-hydrogen) atoms. The monoisotopic (exact) mass is 258 g/mol. The number of rotatable bonds is 5. The molecule has 2 aliphatic heterocycles. The van der Waals surface area contributed by atoms with Crippen molar-refractivity contribution in [1.29, 1.82) is 0 Å². The summed E-state index contributed by atoms with van der Waals surface area (Å²) in [5.41, 5.74) is 1.53. The molecule has 0 aromatic heterocycles. The fourth-order valence-electron chi connectivity index (χ4n) is 3.60. The van der Waals surface area contributed by atoms with Crippen LogP contribution in [0, 0.1) is 5.92 Å². The van der Waals surface area contributed by atoms with Crippen molar-refractivity contribution in [2.24, 2.45) is 5.92 Å². The molecule has 0 aliphatic carbocycles. The van der Waals surface area contributed by atoms with Gasteiger partial charge in [-0.05, 0) is 69.3 Å². The smallest absolute Gasteiger partial charge is 0.00507 e. The fourth-order valence-corrected chi connectivity index (χ4v) is 3.60. The highest BCUT2D eigenvalue weighted by Gasteiger charge is 2.23. The first kappa shape index (κ1) is 13.1. The van der Waals surface area contributed by atoms with Crippen LogP contribution in [-0.2, 0) is 0 Å². The van der Waals surface area contributed by atoms with Crippen LogP contribution in [0.25, 0.3) is 0 Å². The minimum absolute atomic E-state index is 0.773. The Labute approximate surface area is 117 Å². The van der Waals surface area contributed by atoms with Gasteiger partial charge in [0.15, 0.2) is 0 Å². The van der Waals surface area contributed by atoms with Gasteiger partial charge in [-0.15, -0.1) is 0 Å². The van der Waals surface area contributed by atoms with E-state index in [1.807, 2.05) is 0 Å². The van der Waals surface area contributed by atoms with Crippen LogP contribution in [0.3, 0.4) is 0 Å². The first-order chi connectivity index (χ1) is 9.42. The highest BCUT2D eigenvalue weighted by Crippen LogP contribution is 2.27. The Bertz CT molecular complexity index is 370. The van der Waals surface area contributed by atoms with Gasteiger partial charge in [-0.1, -0.05) is 30.3 Å². The molecule has 2 atom stereocenters. The van der Waals surface area contributed by atoms with Gasteiger partial charge < -0.3 is 10.2 Å². The highest BCUT2D eigenvalue weighted by molar-refractivity contribution is 5.20. The molecule has 1 N–H and O–H groups in total.